The summed E-state index contributed by atoms with van der Waals surface area (Å²) in [6.45, 7) is 5.31. The third-order valence-electron chi connectivity index (χ3n) is 4.18. The second kappa shape index (κ2) is 8.34. The van der Waals surface area contributed by atoms with Gasteiger partial charge in [-0.1, -0.05) is 48.5 Å². The second-order valence-electron chi connectivity index (χ2n) is 6.11. The fourth-order valence-corrected chi connectivity index (χ4v) is 2.87. The lowest BCUT2D eigenvalue weighted by atomic mass is 10.2. The highest BCUT2D eigenvalue weighted by Gasteiger charge is 2.18. The molecule has 0 saturated carbocycles. The van der Waals surface area contributed by atoms with Gasteiger partial charge >= 0.3 is 0 Å². The molecule has 0 atom stereocenters. The Kier molecular flexibility index (Phi) is 5.69. The van der Waals surface area contributed by atoms with Crippen molar-refractivity contribution in [3.8, 4) is 5.75 Å². The third-order valence-corrected chi connectivity index (χ3v) is 4.18. The van der Waals surface area contributed by atoms with Crippen molar-refractivity contribution in [3.05, 3.63) is 83.2 Å². The van der Waals surface area contributed by atoms with Gasteiger partial charge in [-0.15, -0.1) is 0 Å². The number of aromatic nitrogens is 2. The van der Waals surface area contributed by atoms with Crippen LogP contribution in [0.15, 0.2) is 60.7 Å². The molecule has 26 heavy (non-hydrogen) atoms. The maximum Gasteiger partial charge on any atom is 0.255 e. The molecule has 1 aromatic heterocycles. The Labute approximate surface area is 153 Å². The first-order valence-electron chi connectivity index (χ1n) is 8.69. The summed E-state index contributed by atoms with van der Waals surface area (Å²) >= 11 is 0. The van der Waals surface area contributed by atoms with Crippen molar-refractivity contribution in [2.45, 2.75) is 20.4 Å². The van der Waals surface area contributed by atoms with Crippen LogP contribution >= 0.6 is 0 Å². The van der Waals surface area contributed by atoms with Crippen LogP contribution in [0.4, 0.5) is 0 Å². The molecule has 5 nitrogen and oxygen atoms in total. The largest absolute Gasteiger partial charge is 0.492 e. The SMILES string of the molecule is Cc1nn(Cc2ccccc2)c(C)c1C(=O)NCCOc1ccccc1. The average Bonchev–Trinajstić information content (AvgIpc) is 2.94. The minimum Gasteiger partial charge on any atom is -0.492 e. The van der Waals surface area contributed by atoms with E-state index in [4.69, 9.17) is 4.74 Å². The number of carbonyl (C=O) groups is 1. The summed E-state index contributed by atoms with van der Waals surface area (Å²) in [5.41, 5.74) is 3.40. The lowest BCUT2D eigenvalue weighted by Gasteiger charge is -2.08. The first-order chi connectivity index (χ1) is 12.6. The van der Waals surface area contributed by atoms with Crippen molar-refractivity contribution in [2.75, 3.05) is 13.2 Å². The number of aryl methyl sites for hydroxylation is 1. The molecule has 0 aliphatic heterocycles. The smallest absolute Gasteiger partial charge is 0.255 e. The summed E-state index contributed by atoms with van der Waals surface area (Å²) in [5, 5.41) is 7.44. The molecule has 5 heteroatoms. The minimum absolute atomic E-state index is 0.115. The quantitative estimate of drug-likeness (QED) is 0.666. The Balaban J connectivity index is 1.59. The summed E-state index contributed by atoms with van der Waals surface area (Å²) in [6, 6.07) is 19.7. The van der Waals surface area contributed by atoms with E-state index in [2.05, 4.69) is 22.5 Å². The van der Waals surface area contributed by atoms with Gasteiger partial charge in [-0.2, -0.15) is 5.10 Å². The van der Waals surface area contributed by atoms with Crippen LogP contribution in [0.5, 0.6) is 5.75 Å². The number of nitrogens with one attached hydrogen (secondary N) is 1. The average molecular weight is 349 g/mol. The van der Waals surface area contributed by atoms with Crippen LogP contribution < -0.4 is 10.1 Å². The number of hydrogen-bond acceptors (Lipinski definition) is 3. The number of rotatable bonds is 7. The van der Waals surface area contributed by atoms with Crippen LogP contribution in [0, 0.1) is 13.8 Å². The lowest BCUT2D eigenvalue weighted by molar-refractivity contribution is 0.0945. The Morgan fingerprint density at radius 3 is 2.38 bits per heavy atom. The van der Waals surface area contributed by atoms with E-state index in [0.717, 1.165) is 22.7 Å². The van der Waals surface area contributed by atoms with Gasteiger partial charge in [0.25, 0.3) is 5.91 Å². The van der Waals surface area contributed by atoms with Gasteiger partial charge in [-0.25, -0.2) is 0 Å². The number of hydrogen-bond donors (Lipinski definition) is 1. The van der Waals surface area contributed by atoms with Crippen LogP contribution in [0.2, 0.25) is 0 Å². The Morgan fingerprint density at radius 2 is 1.69 bits per heavy atom. The van der Waals surface area contributed by atoms with Gasteiger partial charge in [0.15, 0.2) is 0 Å². The van der Waals surface area contributed by atoms with E-state index in [1.807, 2.05) is 67.1 Å². The molecule has 0 bridgehead atoms. The zero-order valence-electron chi connectivity index (χ0n) is 15.1. The molecule has 0 aliphatic rings. The van der Waals surface area contributed by atoms with E-state index in [1.54, 1.807) is 0 Å². The fourth-order valence-electron chi connectivity index (χ4n) is 2.87. The minimum atomic E-state index is -0.115. The van der Waals surface area contributed by atoms with Gasteiger partial charge in [0.05, 0.1) is 24.3 Å². The molecular formula is C21H23N3O2. The van der Waals surface area contributed by atoms with E-state index < -0.39 is 0 Å². The van der Waals surface area contributed by atoms with E-state index in [0.29, 0.717) is 25.3 Å². The second-order valence-corrected chi connectivity index (χ2v) is 6.11. The predicted molar refractivity (Wildman–Crippen MR) is 102 cm³/mol. The van der Waals surface area contributed by atoms with Crippen molar-refractivity contribution < 1.29 is 9.53 Å². The fraction of sp³-hybridized carbons (Fsp3) is 0.238. The van der Waals surface area contributed by atoms with Crippen molar-refractivity contribution in [1.82, 2.24) is 15.1 Å². The zero-order chi connectivity index (χ0) is 18.4. The standard InChI is InChI=1S/C21H23N3O2/c1-16-20(17(2)24(23-16)15-18-9-5-3-6-10-18)21(25)22-13-14-26-19-11-7-4-8-12-19/h3-12H,13-15H2,1-2H3,(H,22,25). The third kappa shape index (κ3) is 4.30. The van der Waals surface area contributed by atoms with Crippen molar-refractivity contribution in [1.29, 1.82) is 0 Å². The number of benzene rings is 2. The lowest BCUT2D eigenvalue weighted by Crippen LogP contribution is -2.29. The van der Waals surface area contributed by atoms with E-state index in [1.165, 1.54) is 0 Å². The van der Waals surface area contributed by atoms with E-state index in [-0.39, 0.29) is 5.91 Å². The highest BCUT2D eigenvalue weighted by Crippen LogP contribution is 2.15. The highest BCUT2D eigenvalue weighted by atomic mass is 16.5. The first kappa shape index (κ1) is 17.7. The van der Waals surface area contributed by atoms with Crippen LogP contribution in [-0.2, 0) is 6.54 Å². The molecule has 0 radical (unpaired) electrons. The Hall–Kier alpha value is -3.08. The van der Waals surface area contributed by atoms with Crippen LogP contribution in [-0.4, -0.2) is 28.8 Å². The summed E-state index contributed by atoms with van der Waals surface area (Å²) in [7, 11) is 0. The first-order valence-corrected chi connectivity index (χ1v) is 8.69. The van der Waals surface area contributed by atoms with Crippen molar-refractivity contribution >= 4 is 5.91 Å². The van der Waals surface area contributed by atoms with Gasteiger partial charge < -0.3 is 10.1 Å². The molecule has 0 spiro atoms. The number of carbonyl (C=O) groups excluding carboxylic acids is 1. The molecule has 3 aromatic rings. The zero-order valence-corrected chi connectivity index (χ0v) is 15.1. The van der Waals surface area contributed by atoms with Gasteiger partial charge in [0.1, 0.15) is 12.4 Å². The molecule has 2 aromatic carbocycles. The normalized spacial score (nSPS) is 10.5. The van der Waals surface area contributed by atoms with Gasteiger partial charge in [-0.05, 0) is 31.5 Å². The maximum atomic E-state index is 12.5. The summed E-state index contributed by atoms with van der Waals surface area (Å²) in [5.74, 6) is 0.681. The van der Waals surface area contributed by atoms with E-state index in [9.17, 15) is 4.79 Å². The number of ether oxygens (including phenoxy) is 1. The molecule has 0 aliphatic carbocycles. The number of para-hydroxylation sites is 1. The monoisotopic (exact) mass is 349 g/mol. The Bertz CT molecular complexity index is 858. The summed E-state index contributed by atoms with van der Waals surface area (Å²) < 4.78 is 7.48. The molecular weight excluding hydrogens is 326 g/mol. The highest BCUT2D eigenvalue weighted by molar-refractivity contribution is 5.96. The molecule has 134 valence electrons. The molecule has 0 fully saturated rings. The molecule has 1 heterocycles. The number of amides is 1. The predicted octanol–water partition coefficient (Wildman–Crippen LogP) is 3.36. The molecule has 0 unspecified atom stereocenters. The van der Waals surface area contributed by atoms with Crippen LogP contribution in [0.1, 0.15) is 27.3 Å². The van der Waals surface area contributed by atoms with Crippen LogP contribution in [0.3, 0.4) is 0 Å². The molecule has 1 N–H and O–H groups in total. The van der Waals surface area contributed by atoms with Gasteiger partial charge in [0, 0.05) is 5.69 Å². The van der Waals surface area contributed by atoms with E-state index >= 15 is 0 Å². The molecule has 0 saturated heterocycles. The molecule has 3 rings (SSSR count). The summed E-state index contributed by atoms with van der Waals surface area (Å²) in [6.07, 6.45) is 0. The van der Waals surface area contributed by atoms with Crippen molar-refractivity contribution in [2.24, 2.45) is 0 Å². The number of nitrogens with zero attached hydrogens (tertiary/aromatic N) is 2. The topological polar surface area (TPSA) is 56.2 Å². The molecule has 1 amide bonds. The van der Waals surface area contributed by atoms with Gasteiger partial charge in [0.2, 0.25) is 0 Å². The maximum absolute atomic E-state index is 12.5. The summed E-state index contributed by atoms with van der Waals surface area (Å²) in [4.78, 5) is 12.5. The Morgan fingerprint density at radius 1 is 1.04 bits per heavy atom. The van der Waals surface area contributed by atoms with Crippen molar-refractivity contribution in [3.63, 3.8) is 0 Å². The van der Waals surface area contributed by atoms with Gasteiger partial charge in [-0.3, -0.25) is 9.48 Å². The van der Waals surface area contributed by atoms with Crippen LogP contribution in [0.25, 0.3) is 0 Å².